The average Bonchev–Trinajstić information content (AvgIpc) is 3.47. The van der Waals surface area contributed by atoms with E-state index in [-0.39, 0.29) is 5.91 Å². The molecule has 2 heterocycles. The zero-order chi connectivity index (χ0) is 19.8. The summed E-state index contributed by atoms with van der Waals surface area (Å²) in [7, 11) is 0. The number of hydrogen-bond donors (Lipinski definition) is 1. The molecule has 1 saturated carbocycles. The summed E-state index contributed by atoms with van der Waals surface area (Å²) in [5.74, 6) is -0.00192. The van der Waals surface area contributed by atoms with Crippen molar-refractivity contribution in [1.82, 2.24) is 24.8 Å². The molecule has 0 spiro atoms. The van der Waals surface area contributed by atoms with Crippen LogP contribution in [0.5, 0.6) is 0 Å². The van der Waals surface area contributed by atoms with E-state index in [9.17, 15) is 4.79 Å². The van der Waals surface area contributed by atoms with E-state index in [0.29, 0.717) is 18.2 Å². The molecule has 2 aromatic carbocycles. The summed E-state index contributed by atoms with van der Waals surface area (Å²) < 4.78 is 2.01. The molecular formula is C23H21N5O. The Hall–Kier alpha value is -3.54. The number of hydrogen-bond acceptors (Lipinski definition) is 4. The predicted molar refractivity (Wildman–Crippen MR) is 112 cm³/mol. The normalized spacial score (nSPS) is 13.6. The number of nitrogens with zero attached hydrogens (tertiary/aromatic N) is 4. The van der Waals surface area contributed by atoms with Gasteiger partial charge >= 0.3 is 0 Å². The Balaban J connectivity index is 1.49. The third kappa shape index (κ3) is 3.49. The first-order valence-electron chi connectivity index (χ1n) is 9.81. The Morgan fingerprint density at radius 2 is 1.93 bits per heavy atom. The van der Waals surface area contributed by atoms with E-state index in [1.807, 2.05) is 53.1 Å². The van der Waals surface area contributed by atoms with E-state index in [1.165, 1.54) is 0 Å². The first-order chi connectivity index (χ1) is 14.2. The number of amides is 1. The number of aromatic nitrogens is 4. The van der Waals surface area contributed by atoms with Crippen molar-refractivity contribution in [2.24, 2.45) is 0 Å². The summed E-state index contributed by atoms with van der Waals surface area (Å²) in [6.45, 7) is 2.65. The Morgan fingerprint density at radius 3 is 2.72 bits per heavy atom. The van der Waals surface area contributed by atoms with Crippen LogP contribution in [0, 0.1) is 6.92 Å². The van der Waals surface area contributed by atoms with Gasteiger partial charge in [-0.15, -0.1) is 0 Å². The minimum Gasteiger partial charge on any atom is -0.349 e. The predicted octanol–water partition coefficient (Wildman–Crippen LogP) is 3.74. The number of nitrogens with one attached hydrogen (secondary N) is 1. The van der Waals surface area contributed by atoms with Gasteiger partial charge in [-0.3, -0.25) is 4.79 Å². The van der Waals surface area contributed by atoms with Crippen molar-refractivity contribution in [3.8, 4) is 11.3 Å². The summed E-state index contributed by atoms with van der Waals surface area (Å²) in [4.78, 5) is 25.9. The number of aryl methyl sites for hydroxylation is 1. The fraction of sp³-hybridized carbons (Fsp3) is 0.217. The van der Waals surface area contributed by atoms with Gasteiger partial charge in [-0.1, -0.05) is 36.4 Å². The van der Waals surface area contributed by atoms with Gasteiger partial charge in [0.1, 0.15) is 17.5 Å². The Labute approximate surface area is 168 Å². The van der Waals surface area contributed by atoms with Gasteiger partial charge in [0.05, 0.1) is 12.9 Å². The van der Waals surface area contributed by atoms with Crippen molar-refractivity contribution in [1.29, 1.82) is 0 Å². The lowest BCUT2D eigenvalue weighted by Crippen LogP contribution is -2.25. The van der Waals surface area contributed by atoms with Crippen LogP contribution < -0.4 is 5.32 Å². The topological polar surface area (TPSA) is 72.7 Å². The Bertz CT molecular complexity index is 1190. The van der Waals surface area contributed by atoms with E-state index >= 15 is 0 Å². The van der Waals surface area contributed by atoms with Crippen molar-refractivity contribution in [3.63, 3.8) is 0 Å². The smallest absolute Gasteiger partial charge is 0.251 e. The summed E-state index contributed by atoms with van der Waals surface area (Å²) in [5.41, 5.74) is 6.30. The van der Waals surface area contributed by atoms with Gasteiger partial charge in [0.2, 0.25) is 0 Å². The highest BCUT2D eigenvalue weighted by Crippen LogP contribution is 2.25. The molecule has 5 rings (SSSR count). The number of rotatable bonds is 5. The fourth-order valence-electron chi connectivity index (χ4n) is 3.47. The molecule has 1 fully saturated rings. The third-order valence-electron chi connectivity index (χ3n) is 5.31. The van der Waals surface area contributed by atoms with Crippen LogP contribution in [0.15, 0.2) is 61.2 Å². The second-order valence-corrected chi connectivity index (χ2v) is 7.52. The number of carbonyl (C=O) groups excluding carboxylic acids is 1. The molecule has 6 heteroatoms. The highest BCUT2D eigenvalue weighted by Gasteiger charge is 2.24. The molecule has 1 N–H and O–H groups in total. The van der Waals surface area contributed by atoms with E-state index in [4.69, 9.17) is 0 Å². The molecule has 0 atom stereocenters. The SMILES string of the molecule is Cc1ccc(C(=O)NC2CC2)cc1Cn1cnc2c(-c3ccccc3)ncnc21. The number of imidazole rings is 1. The molecule has 1 aliphatic rings. The highest BCUT2D eigenvalue weighted by molar-refractivity contribution is 5.95. The van der Waals surface area contributed by atoms with Crippen molar-refractivity contribution >= 4 is 17.1 Å². The molecule has 0 bridgehead atoms. The van der Waals surface area contributed by atoms with Gasteiger partial charge in [0, 0.05) is 17.2 Å². The van der Waals surface area contributed by atoms with Gasteiger partial charge in [-0.2, -0.15) is 0 Å². The largest absolute Gasteiger partial charge is 0.349 e. The monoisotopic (exact) mass is 383 g/mol. The Kier molecular flexibility index (Phi) is 4.31. The van der Waals surface area contributed by atoms with E-state index < -0.39 is 0 Å². The van der Waals surface area contributed by atoms with Crippen molar-refractivity contribution in [2.75, 3.05) is 0 Å². The van der Waals surface area contributed by atoms with Crippen LogP contribution in [0.25, 0.3) is 22.4 Å². The molecule has 1 aliphatic carbocycles. The maximum Gasteiger partial charge on any atom is 0.251 e. The number of benzene rings is 2. The zero-order valence-corrected chi connectivity index (χ0v) is 16.2. The minimum atomic E-state index is -0.00192. The van der Waals surface area contributed by atoms with Crippen LogP contribution in [0.1, 0.15) is 34.3 Å². The van der Waals surface area contributed by atoms with E-state index in [1.54, 1.807) is 12.7 Å². The Morgan fingerprint density at radius 1 is 1.10 bits per heavy atom. The van der Waals surface area contributed by atoms with Gasteiger partial charge in [-0.05, 0) is 43.0 Å². The average molecular weight is 383 g/mol. The summed E-state index contributed by atoms with van der Waals surface area (Å²) in [6.07, 6.45) is 5.53. The molecule has 2 aromatic heterocycles. The zero-order valence-electron chi connectivity index (χ0n) is 16.2. The molecule has 1 amide bonds. The highest BCUT2D eigenvalue weighted by atomic mass is 16.1. The van der Waals surface area contributed by atoms with Gasteiger partial charge < -0.3 is 9.88 Å². The molecule has 0 unspecified atom stereocenters. The van der Waals surface area contributed by atoms with Crippen LogP contribution in [-0.2, 0) is 6.54 Å². The second-order valence-electron chi connectivity index (χ2n) is 7.52. The van der Waals surface area contributed by atoms with E-state index in [2.05, 4.69) is 27.2 Å². The van der Waals surface area contributed by atoms with E-state index in [0.717, 1.165) is 46.4 Å². The van der Waals surface area contributed by atoms with Gasteiger partial charge in [0.25, 0.3) is 5.91 Å². The van der Waals surface area contributed by atoms with Crippen LogP contribution in [-0.4, -0.2) is 31.5 Å². The van der Waals surface area contributed by atoms with Crippen molar-refractivity contribution in [2.45, 2.75) is 32.4 Å². The molecular weight excluding hydrogens is 362 g/mol. The third-order valence-corrected chi connectivity index (χ3v) is 5.31. The molecule has 0 radical (unpaired) electrons. The lowest BCUT2D eigenvalue weighted by atomic mass is 10.0. The first-order valence-corrected chi connectivity index (χ1v) is 9.81. The van der Waals surface area contributed by atoms with Crippen LogP contribution >= 0.6 is 0 Å². The number of carbonyl (C=O) groups is 1. The lowest BCUT2D eigenvalue weighted by molar-refractivity contribution is 0.0951. The maximum absolute atomic E-state index is 12.4. The maximum atomic E-state index is 12.4. The first kappa shape index (κ1) is 17.6. The molecule has 4 aromatic rings. The lowest BCUT2D eigenvalue weighted by Gasteiger charge is -2.11. The van der Waals surface area contributed by atoms with Gasteiger partial charge in [0.15, 0.2) is 5.65 Å². The minimum absolute atomic E-state index is 0.00192. The molecule has 29 heavy (non-hydrogen) atoms. The van der Waals surface area contributed by atoms with Crippen molar-refractivity contribution in [3.05, 3.63) is 77.9 Å². The second kappa shape index (κ2) is 7.13. The molecule has 144 valence electrons. The standard InChI is InChI=1S/C23H21N5O/c1-15-7-8-17(23(29)27-19-9-10-19)11-18(15)12-28-14-26-21-20(24-13-25-22(21)28)16-5-3-2-4-6-16/h2-8,11,13-14,19H,9-10,12H2,1H3,(H,27,29). The fourth-order valence-corrected chi connectivity index (χ4v) is 3.47. The molecule has 0 saturated heterocycles. The van der Waals surface area contributed by atoms with Gasteiger partial charge in [-0.25, -0.2) is 15.0 Å². The van der Waals surface area contributed by atoms with Crippen LogP contribution in [0.2, 0.25) is 0 Å². The van der Waals surface area contributed by atoms with Crippen LogP contribution in [0.3, 0.4) is 0 Å². The van der Waals surface area contributed by atoms with Crippen LogP contribution in [0.4, 0.5) is 0 Å². The summed E-state index contributed by atoms with van der Waals surface area (Å²) >= 11 is 0. The summed E-state index contributed by atoms with van der Waals surface area (Å²) in [5, 5.41) is 3.05. The molecule has 0 aliphatic heterocycles. The van der Waals surface area contributed by atoms with Crippen molar-refractivity contribution < 1.29 is 4.79 Å². The summed E-state index contributed by atoms with van der Waals surface area (Å²) in [6, 6.07) is 16.2. The quantitative estimate of drug-likeness (QED) is 0.570. The number of fused-ring (bicyclic) bond motifs is 1. The molecule has 6 nitrogen and oxygen atoms in total.